The molecule has 2 rings (SSSR count). The zero-order valence-electron chi connectivity index (χ0n) is 10.8. The smallest absolute Gasteiger partial charge is 0.252 e. The Bertz CT molecular complexity index is 636. The summed E-state index contributed by atoms with van der Waals surface area (Å²) in [5, 5.41) is 0. The molecule has 2 aromatic heterocycles. The lowest BCUT2D eigenvalue weighted by Gasteiger charge is -2.20. The van der Waals surface area contributed by atoms with Crippen molar-refractivity contribution in [3.05, 3.63) is 40.1 Å². The summed E-state index contributed by atoms with van der Waals surface area (Å²) in [6, 6.07) is 5.07. The first-order valence-corrected chi connectivity index (χ1v) is 8.84. The molecule has 0 saturated heterocycles. The molecular formula is C12H14BrNO4S2. The maximum absolute atomic E-state index is 12.6. The van der Waals surface area contributed by atoms with E-state index in [1.54, 1.807) is 31.6 Å². The third-order valence-electron chi connectivity index (χ3n) is 2.63. The Morgan fingerprint density at radius 1 is 1.40 bits per heavy atom. The van der Waals surface area contributed by atoms with Crippen molar-refractivity contribution in [2.24, 2.45) is 0 Å². The van der Waals surface area contributed by atoms with Crippen LogP contribution in [0.5, 0.6) is 0 Å². The van der Waals surface area contributed by atoms with E-state index in [1.807, 2.05) is 0 Å². The number of hydrogen-bond acceptors (Lipinski definition) is 5. The third-order valence-corrected chi connectivity index (χ3v) is 6.56. The van der Waals surface area contributed by atoms with E-state index < -0.39 is 10.0 Å². The van der Waals surface area contributed by atoms with Gasteiger partial charge in [-0.05, 0) is 34.1 Å². The molecule has 0 spiro atoms. The minimum absolute atomic E-state index is 0.262. The standard InChI is InChI=1S/C12H14BrNO4S2/c1-17-7-5-14(8-10-4-6-18-9-10)20(15,16)12-3-2-11(13)19-12/h2-4,6,9H,5,7-8H2,1H3. The lowest BCUT2D eigenvalue weighted by Crippen LogP contribution is -2.33. The van der Waals surface area contributed by atoms with E-state index in [-0.39, 0.29) is 6.54 Å². The quantitative estimate of drug-likeness (QED) is 0.741. The van der Waals surface area contributed by atoms with Gasteiger partial charge < -0.3 is 9.15 Å². The summed E-state index contributed by atoms with van der Waals surface area (Å²) in [5.74, 6) is 0. The Morgan fingerprint density at radius 2 is 2.20 bits per heavy atom. The van der Waals surface area contributed by atoms with Crippen LogP contribution in [-0.2, 0) is 21.3 Å². The van der Waals surface area contributed by atoms with Crippen LogP contribution < -0.4 is 0 Å². The van der Waals surface area contributed by atoms with Crippen molar-refractivity contribution in [2.45, 2.75) is 10.8 Å². The van der Waals surface area contributed by atoms with Crippen LogP contribution in [0.15, 0.2) is 43.1 Å². The molecule has 0 aliphatic heterocycles. The molecule has 5 nitrogen and oxygen atoms in total. The van der Waals surface area contributed by atoms with Crippen molar-refractivity contribution >= 4 is 37.3 Å². The monoisotopic (exact) mass is 379 g/mol. The largest absolute Gasteiger partial charge is 0.472 e. The Labute approximate surface area is 130 Å². The fourth-order valence-electron chi connectivity index (χ4n) is 1.63. The number of methoxy groups -OCH3 is 1. The summed E-state index contributed by atoms with van der Waals surface area (Å²) >= 11 is 4.47. The maximum Gasteiger partial charge on any atom is 0.252 e. The number of ether oxygens (including phenoxy) is 1. The molecule has 0 bridgehead atoms. The normalized spacial score (nSPS) is 12.2. The Morgan fingerprint density at radius 3 is 2.75 bits per heavy atom. The predicted octanol–water partition coefficient (Wildman–Crippen LogP) is 2.94. The highest BCUT2D eigenvalue weighted by molar-refractivity contribution is 9.11. The minimum atomic E-state index is -3.53. The second kappa shape index (κ2) is 6.86. The average molecular weight is 380 g/mol. The van der Waals surface area contributed by atoms with E-state index in [1.165, 1.54) is 21.9 Å². The van der Waals surface area contributed by atoms with Gasteiger partial charge in [-0.3, -0.25) is 0 Å². The van der Waals surface area contributed by atoms with Crippen LogP contribution in [0.25, 0.3) is 0 Å². The molecule has 2 heterocycles. The zero-order chi connectivity index (χ0) is 14.6. The van der Waals surface area contributed by atoms with Crippen molar-refractivity contribution in [1.82, 2.24) is 4.31 Å². The Hall–Kier alpha value is -0.670. The topological polar surface area (TPSA) is 59.8 Å². The molecule has 0 unspecified atom stereocenters. The Kier molecular flexibility index (Phi) is 5.39. The van der Waals surface area contributed by atoms with Gasteiger partial charge in [-0.1, -0.05) is 0 Å². The van der Waals surface area contributed by atoms with E-state index in [0.717, 1.165) is 9.35 Å². The summed E-state index contributed by atoms with van der Waals surface area (Å²) in [4.78, 5) is 0. The van der Waals surface area contributed by atoms with E-state index in [0.29, 0.717) is 17.4 Å². The molecule has 0 amide bonds. The molecule has 0 aliphatic rings. The highest BCUT2D eigenvalue weighted by atomic mass is 79.9. The van der Waals surface area contributed by atoms with Crippen molar-refractivity contribution in [3.8, 4) is 0 Å². The predicted molar refractivity (Wildman–Crippen MR) is 80.2 cm³/mol. The number of furan rings is 1. The summed E-state index contributed by atoms with van der Waals surface area (Å²) < 4.78 is 37.7. The molecule has 0 aromatic carbocycles. The molecule has 0 atom stereocenters. The maximum atomic E-state index is 12.6. The van der Waals surface area contributed by atoms with E-state index in [2.05, 4.69) is 15.9 Å². The van der Waals surface area contributed by atoms with Crippen molar-refractivity contribution in [3.63, 3.8) is 0 Å². The van der Waals surface area contributed by atoms with Gasteiger partial charge >= 0.3 is 0 Å². The van der Waals surface area contributed by atoms with Crippen LogP contribution in [0.4, 0.5) is 0 Å². The lowest BCUT2D eigenvalue weighted by atomic mass is 10.3. The number of thiophene rings is 1. The fourth-order valence-corrected chi connectivity index (χ4v) is 5.20. The second-order valence-corrected chi connectivity index (χ2v) is 8.65. The second-order valence-electron chi connectivity index (χ2n) is 4.02. The first-order valence-electron chi connectivity index (χ1n) is 5.79. The number of hydrogen-bond donors (Lipinski definition) is 0. The van der Waals surface area contributed by atoms with Crippen LogP contribution in [-0.4, -0.2) is 33.0 Å². The van der Waals surface area contributed by atoms with Crippen LogP contribution in [0.2, 0.25) is 0 Å². The van der Waals surface area contributed by atoms with Gasteiger partial charge in [0.15, 0.2) is 0 Å². The summed E-state index contributed by atoms with van der Waals surface area (Å²) in [6.07, 6.45) is 3.07. The third kappa shape index (κ3) is 3.70. The number of rotatable bonds is 7. The van der Waals surface area contributed by atoms with Crippen LogP contribution >= 0.6 is 27.3 Å². The minimum Gasteiger partial charge on any atom is -0.472 e. The molecule has 2 aromatic rings. The van der Waals surface area contributed by atoms with E-state index in [9.17, 15) is 8.42 Å². The zero-order valence-corrected chi connectivity index (χ0v) is 14.0. The highest BCUT2D eigenvalue weighted by Crippen LogP contribution is 2.29. The molecule has 8 heteroatoms. The average Bonchev–Trinajstić information content (AvgIpc) is 3.05. The first kappa shape index (κ1) is 15.7. The van der Waals surface area contributed by atoms with Gasteiger partial charge in [0, 0.05) is 25.8 Å². The number of sulfonamides is 1. The van der Waals surface area contributed by atoms with E-state index >= 15 is 0 Å². The van der Waals surface area contributed by atoms with Crippen molar-refractivity contribution < 1.29 is 17.6 Å². The van der Waals surface area contributed by atoms with Gasteiger partial charge in [0.05, 0.1) is 22.9 Å². The van der Waals surface area contributed by atoms with Gasteiger partial charge in [-0.25, -0.2) is 8.42 Å². The van der Waals surface area contributed by atoms with Crippen LogP contribution in [0.1, 0.15) is 5.56 Å². The molecule has 0 fully saturated rings. The molecule has 110 valence electrons. The molecule has 0 radical (unpaired) electrons. The summed E-state index contributed by atoms with van der Waals surface area (Å²) in [7, 11) is -1.98. The lowest BCUT2D eigenvalue weighted by molar-refractivity contribution is 0.177. The molecule has 0 aliphatic carbocycles. The molecule has 20 heavy (non-hydrogen) atoms. The van der Waals surface area contributed by atoms with Crippen molar-refractivity contribution in [2.75, 3.05) is 20.3 Å². The Balaban J connectivity index is 2.25. The van der Waals surface area contributed by atoms with Gasteiger partial charge in [-0.2, -0.15) is 4.31 Å². The van der Waals surface area contributed by atoms with Gasteiger partial charge in [0.25, 0.3) is 10.0 Å². The number of nitrogens with zero attached hydrogens (tertiary/aromatic N) is 1. The van der Waals surface area contributed by atoms with Gasteiger partial charge in [-0.15, -0.1) is 11.3 Å². The summed E-state index contributed by atoms with van der Waals surface area (Å²) in [6.45, 7) is 0.890. The molecule has 0 saturated carbocycles. The summed E-state index contributed by atoms with van der Waals surface area (Å²) in [5.41, 5.74) is 0.806. The highest BCUT2D eigenvalue weighted by Gasteiger charge is 2.26. The van der Waals surface area contributed by atoms with Gasteiger partial charge in [0.1, 0.15) is 4.21 Å². The first-order chi connectivity index (χ1) is 9.54. The SMILES string of the molecule is COCCN(Cc1ccoc1)S(=O)(=O)c1ccc(Br)s1. The fraction of sp³-hybridized carbons (Fsp3) is 0.333. The van der Waals surface area contributed by atoms with Crippen molar-refractivity contribution in [1.29, 1.82) is 0 Å². The van der Waals surface area contributed by atoms with Crippen LogP contribution in [0, 0.1) is 0 Å². The van der Waals surface area contributed by atoms with Crippen LogP contribution in [0.3, 0.4) is 0 Å². The van der Waals surface area contributed by atoms with E-state index in [4.69, 9.17) is 9.15 Å². The molecule has 0 N–H and O–H groups in total. The number of halogens is 1. The molecular weight excluding hydrogens is 366 g/mol. The van der Waals surface area contributed by atoms with Gasteiger partial charge in [0.2, 0.25) is 0 Å².